The van der Waals surface area contributed by atoms with Gasteiger partial charge in [0.15, 0.2) is 0 Å². The van der Waals surface area contributed by atoms with Gasteiger partial charge >= 0.3 is 0 Å². The van der Waals surface area contributed by atoms with E-state index >= 15 is 0 Å². The molecule has 0 spiro atoms. The molecule has 3 aromatic carbocycles. The number of hydrogen-bond donors (Lipinski definition) is 0. The first kappa shape index (κ1) is 16.3. The summed E-state index contributed by atoms with van der Waals surface area (Å²) in [5, 5.41) is 0. The van der Waals surface area contributed by atoms with Crippen LogP contribution in [0.4, 0.5) is 5.69 Å². The number of carbonyl (C=O) groups excluding carboxylic acids is 2. The van der Waals surface area contributed by atoms with Crippen LogP contribution in [0.15, 0.2) is 77.3 Å². The maximum atomic E-state index is 13.6. The maximum Gasteiger partial charge on any atom is 0.238 e. The average Bonchev–Trinajstić information content (AvgIpc) is 2.99. The Kier molecular flexibility index (Phi) is 3.28. The lowest BCUT2D eigenvalue weighted by Crippen LogP contribution is -2.41. The van der Waals surface area contributed by atoms with Crippen molar-refractivity contribution >= 4 is 33.4 Å². The molecule has 1 heterocycles. The second kappa shape index (κ2) is 5.65. The minimum atomic E-state index is -0.332. The number of halogens is 1. The van der Waals surface area contributed by atoms with Crippen molar-refractivity contribution in [2.75, 3.05) is 4.90 Å². The number of imide groups is 1. The van der Waals surface area contributed by atoms with Crippen molar-refractivity contribution in [2.24, 2.45) is 11.8 Å². The van der Waals surface area contributed by atoms with Crippen molar-refractivity contribution in [3.05, 3.63) is 99.5 Å². The minimum Gasteiger partial charge on any atom is -0.274 e. The van der Waals surface area contributed by atoms with Crippen molar-refractivity contribution in [2.45, 2.75) is 11.8 Å². The summed E-state index contributed by atoms with van der Waals surface area (Å²) in [6, 6.07) is 24.1. The second-order valence-electron chi connectivity index (χ2n) is 7.76. The molecule has 1 aliphatic heterocycles. The minimum absolute atomic E-state index is 0.0593. The van der Waals surface area contributed by atoms with Gasteiger partial charge in [-0.05, 0) is 40.5 Å². The number of carbonyl (C=O) groups is 2. The third-order valence-electron chi connectivity index (χ3n) is 6.51. The fourth-order valence-electron chi connectivity index (χ4n) is 5.55. The lowest BCUT2D eigenvalue weighted by Gasteiger charge is -2.45. The summed E-state index contributed by atoms with van der Waals surface area (Å²) in [6.45, 7) is 0. The average molecular weight is 430 g/mol. The molecule has 3 nitrogen and oxygen atoms in total. The molecule has 4 heteroatoms. The zero-order chi connectivity index (χ0) is 19.0. The van der Waals surface area contributed by atoms with E-state index in [4.69, 9.17) is 0 Å². The Balaban J connectivity index is 1.58. The second-order valence-corrected chi connectivity index (χ2v) is 8.67. The van der Waals surface area contributed by atoms with Crippen LogP contribution in [-0.2, 0) is 9.59 Å². The first-order valence-electron chi connectivity index (χ1n) is 9.48. The van der Waals surface area contributed by atoms with Crippen molar-refractivity contribution in [3.8, 4) is 0 Å². The van der Waals surface area contributed by atoms with Crippen molar-refractivity contribution in [1.29, 1.82) is 0 Å². The number of nitrogens with zero attached hydrogens (tertiary/aromatic N) is 1. The molecule has 0 N–H and O–H groups in total. The Hall–Kier alpha value is -2.72. The molecule has 7 rings (SSSR count). The van der Waals surface area contributed by atoms with E-state index in [1.54, 1.807) is 0 Å². The molecule has 1 saturated heterocycles. The van der Waals surface area contributed by atoms with E-state index in [0.717, 1.165) is 4.47 Å². The highest BCUT2D eigenvalue weighted by Crippen LogP contribution is 2.61. The molecule has 0 aromatic heterocycles. The standard InChI is InChI=1S/C24H16BrNO2/c25-13-6-5-7-14(12-13)26-23(27)21-19-15-8-1-2-9-16(15)20(22(21)24(26)28)18-11-4-3-10-17(18)19/h1-12,19-22H/t19?,20?,21-,22-/m0/s1. The third-order valence-corrected chi connectivity index (χ3v) is 7.01. The molecular formula is C24H16BrNO2. The summed E-state index contributed by atoms with van der Waals surface area (Å²) in [6.07, 6.45) is 0. The molecule has 1 fully saturated rings. The van der Waals surface area contributed by atoms with Gasteiger partial charge in [-0.25, -0.2) is 4.90 Å². The van der Waals surface area contributed by atoms with Crippen LogP contribution in [0.3, 0.4) is 0 Å². The van der Waals surface area contributed by atoms with Gasteiger partial charge in [-0.15, -0.1) is 0 Å². The molecule has 0 unspecified atom stereocenters. The molecule has 0 saturated carbocycles. The Morgan fingerprint density at radius 1 is 0.643 bits per heavy atom. The molecule has 4 aliphatic rings. The van der Waals surface area contributed by atoms with Crippen LogP contribution in [0.5, 0.6) is 0 Å². The summed E-state index contributed by atoms with van der Waals surface area (Å²) < 4.78 is 0.856. The molecule has 3 aliphatic carbocycles. The van der Waals surface area contributed by atoms with Crippen LogP contribution in [-0.4, -0.2) is 11.8 Å². The predicted octanol–water partition coefficient (Wildman–Crippen LogP) is 4.85. The van der Waals surface area contributed by atoms with Gasteiger partial charge in [0, 0.05) is 16.3 Å². The summed E-state index contributed by atoms with van der Waals surface area (Å²) in [7, 11) is 0. The normalized spacial score (nSPS) is 26.8. The van der Waals surface area contributed by atoms with Crippen LogP contribution in [0.1, 0.15) is 34.1 Å². The highest BCUT2D eigenvalue weighted by molar-refractivity contribution is 9.10. The number of amides is 2. The number of hydrogen-bond acceptors (Lipinski definition) is 2. The monoisotopic (exact) mass is 429 g/mol. The topological polar surface area (TPSA) is 37.4 Å². The van der Waals surface area contributed by atoms with Gasteiger partial charge in [0.1, 0.15) is 0 Å². The van der Waals surface area contributed by atoms with Crippen LogP contribution in [0.2, 0.25) is 0 Å². The molecule has 2 bridgehead atoms. The van der Waals surface area contributed by atoms with Gasteiger partial charge in [0.05, 0.1) is 17.5 Å². The molecule has 0 radical (unpaired) electrons. The van der Waals surface area contributed by atoms with Gasteiger partial charge in [0.25, 0.3) is 0 Å². The first-order chi connectivity index (χ1) is 13.7. The van der Waals surface area contributed by atoms with Crippen LogP contribution >= 0.6 is 15.9 Å². The summed E-state index contributed by atoms with van der Waals surface area (Å²) in [5.74, 6) is -0.936. The Morgan fingerprint density at radius 2 is 1.11 bits per heavy atom. The SMILES string of the molecule is O=C1[C@H]2C3c4ccccc4C(c4ccccc43)[C@@H]2C(=O)N1c1cccc(Br)c1. The van der Waals surface area contributed by atoms with Gasteiger partial charge in [-0.3, -0.25) is 9.59 Å². The molecule has 2 atom stereocenters. The lowest BCUT2D eigenvalue weighted by atomic mass is 9.55. The van der Waals surface area contributed by atoms with Crippen molar-refractivity contribution < 1.29 is 9.59 Å². The van der Waals surface area contributed by atoms with E-state index in [0.29, 0.717) is 5.69 Å². The molecular weight excluding hydrogens is 414 g/mol. The van der Waals surface area contributed by atoms with Gasteiger partial charge in [-0.1, -0.05) is 70.5 Å². The lowest BCUT2D eigenvalue weighted by molar-refractivity contribution is -0.122. The smallest absolute Gasteiger partial charge is 0.238 e. The Morgan fingerprint density at radius 3 is 1.54 bits per heavy atom. The highest BCUT2D eigenvalue weighted by Gasteiger charge is 2.61. The third kappa shape index (κ3) is 1.93. The van der Waals surface area contributed by atoms with Gasteiger partial charge < -0.3 is 0 Å². The van der Waals surface area contributed by atoms with E-state index in [1.807, 2.05) is 48.5 Å². The maximum absolute atomic E-state index is 13.6. The molecule has 2 amide bonds. The fraction of sp³-hybridized carbons (Fsp3) is 0.167. The molecule has 28 heavy (non-hydrogen) atoms. The number of rotatable bonds is 1. The number of benzene rings is 3. The quantitative estimate of drug-likeness (QED) is 0.518. The van der Waals surface area contributed by atoms with E-state index in [-0.39, 0.29) is 35.5 Å². The highest BCUT2D eigenvalue weighted by atomic mass is 79.9. The number of anilines is 1. The Bertz CT molecular complexity index is 1060. The summed E-state index contributed by atoms with van der Waals surface area (Å²) in [5.41, 5.74) is 5.44. The fourth-order valence-corrected chi connectivity index (χ4v) is 5.93. The zero-order valence-electron chi connectivity index (χ0n) is 14.9. The van der Waals surface area contributed by atoms with E-state index in [2.05, 4.69) is 40.2 Å². The van der Waals surface area contributed by atoms with Crippen LogP contribution in [0, 0.1) is 11.8 Å². The van der Waals surface area contributed by atoms with Crippen LogP contribution in [0.25, 0.3) is 0 Å². The predicted molar refractivity (Wildman–Crippen MR) is 110 cm³/mol. The summed E-state index contributed by atoms with van der Waals surface area (Å²) in [4.78, 5) is 28.5. The zero-order valence-corrected chi connectivity index (χ0v) is 16.5. The van der Waals surface area contributed by atoms with Crippen molar-refractivity contribution in [1.82, 2.24) is 0 Å². The van der Waals surface area contributed by atoms with Crippen LogP contribution < -0.4 is 4.90 Å². The van der Waals surface area contributed by atoms with Crippen molar-refractivity contribution in [3.63, 3.8) is 0 Å². The largest absolute Gasteiger partial charge is 0.274 e. The molecule has 3 aromatic rings. The van der Waals surface area contributed by atoms with Gasteiger partial charge in [-0.2, -0.15) is 0 Å². The summed E-state index contributed by atoms with van der Waals surface area (Å²) >= 11 is 3.46. The van der Waals surface area contributed by atoms with Gasteiger partial charge in [0.2, 0.25) is 11.8 Å². The van der Waals surface area contributed by atoms with E-state index < -0.39 is 0 Å². The molecule has 136 valence electrons. The van der Waals surface area contributed by atoms with E-state index in [1.165, 1.54) is 27.2 Å². The first-order valence-corrected chi connectivity index (χ1v) is 10.3. The Labute approximate surface area is 171 Å². The van der Waals surface area contributed by atoms with E-state index in [9.17, 15) is 9.59 Å².